The van der Waals surface area contributed by atoms with E-state index in [4.69, 9.17) is 0 Å². The third kappa shape index (κ3) is 9.39. The first kappa shape index (κ1) is 25.6. The van der Waals surface area contributed by atoms with Crippen molar-refractivity contribution in [3.63, 3.8) is 0 Å². The van der Waals surface area contributed by atoms with Crippen LogP contribution < -0.4 is 0 Å². The van der Waals surface area contributed by atoms with E-state index in [9.17, 15) is 22.8 Å². The van der Waals surface area contributed by atoms with E-state index in [-0.39, 0.29) is 18.0 Å². The molecule has 0 saturated carbocycles. The van der Waals surface area contributed by atoms with Gasteiger partial charge in [-0.2, -0.15) is 13.2 Å². The molecule has 0 radical (unpaired) electrons. The Morgan fingerprint density at radius 2 is 1.04 bits per heavy atom. The second-order valence-corrected chi connectivity index (χ2v) is 6.96. The van der Waals surface area contributed by atoms with E-state index < -0.39 is 12.6 Å². The van der Waals surface area contributed by atoms with Crippen molar-refractivity contribution in [2.45, 2.75) is 105 Å². The molecule has 0 spiro atoms. The smallest absolute Gasteiger partial charge is 0.289 e. The van der Waals surface area contributed by atoms with E-state index in [0.717, 1.165) is 38.5 Å². The van der Waals surface area contributed by atoms with Crippen LogP contribution in [0, 0.1) is 0 Å². The molecular weight excluding hydrogens is 353 g/mol. The summed E-state index contributed by atoms with van der Waals surface area (Å²) in [5.41, 5.74) is 2.35. The summed E-state index contributed by atoms with van der Waals surface area (Å²) in [5, 5.41) is 0. The summed E-state index contributed by atoms with van der Waals surface area (Å²) >= 11 is 0. The fourth-order valence-corrected chi connectivity index (χ4v) is 3.14. The van der Waals surface area contributed by atoms with Gasteiger partial charge in [0.15, 0.2) is 11.6 Å². The number of alkyl halides is 3. The maximum Gasteiger partial charge on any atom is 0.389 e. The molecule has 0 aromatic carbocycles. The van der Waals surface area contributed by atoms with Gasteiger partial charge in [0.25, 0.3) is 0 Å². The summed E-state index contributed by atoms with van der Waals surface area (Å²) < 4.78 is 36.0. The standard InChI is InChI=1S/C20H29F3O2.C2H6/c1-14-15(2)19(25)17(16(3)18(14)24)12-10-8-6-4-5-7-9-11-13-20(21,22)23;1-2/h4-13H2,1-3H3;1-2H3. The van der Waals surface area contributed by atoms with E-state index in [2.05, 4.69) is 0 Å². The van der Waals surface area contributed by atoms with Gasteiger partial charge in [0.2, 0.25) is 0 Å². The fourth-order valence-electron chi connectivity index (χ4n) is 3.14. The predicted molar refractivity (Wildman–Crippen MR) is 105 cm³/mol. The third-order valence-electron chi connectivity index (χ3n) is 4.95. The van der Waals surface area contributed by atoms with Crippen molar-refractivity contribution in [3.05, 3.63) is 22.3 Å². The van der Waals surface area contributed by atoms with Crippen LogP contribution in [-0.4, -0.2) is 17.7 Å². The monoisotopic (exact) mass is 388 g/mol. The lowest BCUT2D eigenvalue weighted by atomic mass is 9.84. The molecule has 156 valence electrons. The van der Waals surface area contributed by atoms with E-state index >= 15 is 0 Å². The van der Waals surface area contributed by atoms with Gasteiger partial charge in [-0.25, -0.2) is 0 Å². The molecule has 0 amide bonds. The van der Waals surface area contributed by atoms with E-state index in [1.807, 2.05) is 13.8 Å². The van der Waals surface area contributed by atoms with Gasteiger partial charge in [0.05, 0.1) is 0 Å². The maximum atomic E-state index is 12.3. The van der Waals surface area contributed by atoms with Gasteiger partial charge in [0, 0.05) is 28.7 Å². The summed E-state index contributed by atoms with van der Waals surface area (Å²) in [6.07, 6.45) is 2.44. The molecule has 0 aliphatic heterocycles. The van der Waals surface area contributed by atoms with Crippen LogP contribution in [0.2, 0.25) is 0 Å². The van der Waals surface area contributed by atoms with Gasteiger partial charge >= 0.3 is 6.18 Å². The van der Waals surface area contributed by atoms with E-state index in [1.54, 1.807) is 20.8 Å². The van der Waals surface area contributed by atoms with Crippen molar-refractivity contribution in [3.8, 4) is 0 Å². The third-order valence-corrected chi connectivity index (χ3v) is 4.95. The van der Waals surface area contributed by atoms with Crippen molar-refractivity contribution in [1.82, 2.24) is 0 Å². The summed E-state index contributed by atoms with van der Waals surface area (Å²) in [5.74, 6) is -0.0229. The number of hydrogen-bond donors (Lipinski definition) is 0. The van der Waals surface area contributed by atoms with E-state index in [1.165, 1.54) is 0 Å². The number of ketones is 2. The zero-order valence-electron chi connectivity index (χ0n) is 17.5. The fraction of sp³-hybridized carbons (Fsp3) is 0.727. The molecule has 0 fully saturated rings. The number of carbonyl (C=O) groups is 2. The molecule has 1 aliphatic carbocycles. The van der Waals surface area contributed by atoms with Gasteiger partial charge in [-0.05, 0) is 40.0 Å². The normalized spacial score (nSPS) is 15.3. The maximum absolute atomic E-state index is 12.3. The Balaban J connectivity index is 0.00000326. The topological polar surface area (TPSA) is 34.1 Å². The quantitative estimate of drug-likeness (QED) is 0.291. The Hall–Kier alpha value is -1.39. The highest BCUT2D eigenvalue weighted by Gasteiger charge is 2.27. The number of carbonyl (C=O) groups excluding carboxylic acids is 2. The second kappa shape index (κ2) is 12.9. The largest absolute Gasteiger partial charge is 0.389 e. The highest BCUT2D eigenvalue weighted by atomic mass is 19.4. The Labute approximate surface area is 162 Å². The van der Waals surface area contributed by atoms with Crippen LogP contribution in [0.3, 0.4) is 0 Å². The van der Waals surface area contributed by atoms with Gasteiger partial charge < -0.3 is 0 Å². The van der Waals surface area contributed by atoms with Gasteiger partial charge in [0.1, 0.15) is 0 Å². The minimum atomic E-state index is -4.03. The lowest BCUT2D eigenvalue weighted by Crippen LogP contribution is -2.20. The number of Topliss-reactive ketones (excluding diaryl/α,β-unsaturated/α-hetero) is 2. The van der Waals surface area contributed by atoms with Crippen LogP contribution in [0.1, 0.15) is 98.8 Å². The minimum absolute atomic E-state index is 0.000681. The Kier molecular flexibility index (Phi) is 12.2. The van der Waals surface area contributed by atoms with Crippen LogP contribution in [0.25, 0.3) is 0 Å². The van der Waals surface area contributed by atoms with Crippen molar-refractivity contribution in [1.29, 1.82) is 0 Å². The summed E-state index contributed by atoms with van der Waals surface area (Å²) in [7, 11) is 0. The number of rotatable bonds is 10. The molecule has 0 atom stereocenters. The SMILES string of the molecule is CC.CC1=C(C)C(=O)C(CCCCCCCCCCC(F)(F)F)=C(C)C1=O. The Morgan fingerprint density at radius 3 is 1.52 bits per heavy atom. The summed E-state index contributed by atoms with van der Waals surface area (Å²) in [6, 6.07) is 0. The van der Waals surface area contributed by atoms with Crippen LogP contribution in [0.4, 0.5) is 13.2 Å². The minimum Gasteiger partial charge on any atom is -0.289 e. The number of unbranched alkanes of at least 4 members (excludes halogenated alkanes) is 7. The second-order valence-electron chi connectivity index (χ2n) is 6.96. The zero-order valence-corrected chi connectivity index (χ0v) is 17.5. The van der Waals surface area contributed by atoms with Crippen molar-refractivity contribution in [2.24, 2.45) is 0 Å². The lowest BCUT2D eigenvalue weighted by molar-refractivity contribution is -0.135. The molecule has 5 heteroatoms. The Morgan fingerprint density at radius 1 is 0.630 bits per heavy atom. The van der Waals surface area contributed by atoms with Crippen LogP contribution >= 0.6 is 0 Å². The molecule has 0 unspecified atom stereocenters. The molecule has 2 nitrogen and oxygen atoms in total. The molecule has 0 saturated heterocycles. The van der Waals surface area contributed by atoms with Gasteiger partial charge in [-0.3, -0.25) is 9.59 Å². The lowest BCUT2D eigenvalue weighted by Gasteiger charge is -2.18. The molecule has 0 N–H and O–H groups in total. The molecule has 1 rings (SSSR count). The zero-order chi connectivity index (χ0) is 21.0. The molecule has 27 heavy (non-hydrogen) atoms. The molecule has 0 aromatic rings. The van der Waals surface area contributed by atoms with Crippen LogP contribution in [0.15, 0.2) is 22.3 Å². The number of halogens is 3. The number of allylic oxidation sites excluding steroid dienone is 4. The first-order valence-corrected chi connectivity index (χ1v) is 10.2. The molecule has 0 bridgehead atoms. The molecule has 0 aromatic heterocycles. The van der Waals surface area contributed by atoms with Crippen LogP contribution in [0.5, 0.6) is 0 Å². The Bertz CT molecular complexity index is 554. The molecule has 0 heterocycles. The predicted octanol–water partition coefficient (Wildman–Crippen LogP) is 7.28. The summed E-state index contributed by atoms with van der Waals surface area (Å²) in [6.45, 7) is 9.14. The molecular formula is C22H35F3O2. The average Bonchev–Trinajstić information content (AvgIpc) is 2.63. The summed E-state index contributed by atoms with van der Waals surface area (Å²) in [4.78, 5) is 24.4. The first-order chi connectivity index (χ1) is 12.6. The van der Waals surface area contributed by atoms with Crippen molar-refractivity contribution in [2.75, 3.05) is 0 Å². The first-order valence-electron chi connectivity index (χ1n) is 10.2. The average molecular weight is 389 g/mol. The molecule has 1 aliphatic rings. The highest BCUT2D eigenvalue weighted by molar-refractivity contribution is 6.24. The van der Waals surface area contributed by atoms with Crippen molar-refractivity contribution >= 4 is 11.6 Å². The number of hydrogen-bond acceptors (Lipinski definition) is 2. The van der Waals surface area contributed by atoms with Gasteiger partial charge in [-0.1, -0.05) is 52.4 Å². The van der Waals surface area contributed by atoms with Crippen LogP contribution in [-0.2, 0) is 9.59 Å². The van der Waals surface area contributed by atoms with Gasteiger partial charge in [-0.15, -0.1) is 0 Å². The highest BCUT2D eigenvalue weighted by Crippen LogP contribution is 2.28. The van der Waals surface area contributed by atoms with E-state index in [0.29, 0.717) is 35.1 Å². The van der Waals surface area contributed by atoms with Crippen molar-refractivity contribution < 1.29 is 22.8 Å².